The Hall–Kier alpha value is -2.56. The van der Waals surface area contributed by atoms with E-state index >= 15 is 0 Å². The number of nitrogens with zero attached hydrogens (tertiary/aromatic N) is 2. The van der Waals surface area contributed by atoms with Crippen molar-refractivity contribution in [3.8, 4) is 5.88 Å². The molecule has 0 unspecified atom stereocenters. The maximum Gasteiger partial charge on any atom is 0.322 e. The van der Waals surface area contributed by atoms with Crippen molar-refractivity contribution in [1.82, 2.24) is 9.88 Å². The number of nitrogens with one attached hydrogen (secondary N) is 1. The van der Waals surface area contributed by atoms with Gasteiger partial charge >= 0.3 is 6.03 Å². The van der Waals surface area contributed by atoms with Crippen LogP contribution in [0.5, 0.6) is 5.88 Å². The van der Waals surface area contributed by atoms with Gasteiger partial charge in [0.25, 0.3) is 0 Å². The van der Waals surface area contributed by atoms with Crippen molar-refractivity contribution in [3.05, 3.63) is 54.2 Å². The lowest BCUT2D eigenvalue weighted by atomic mass is 10.2. The van der Waals surface area contributed by atoms with Gasteiger partial charge in [-0.3, -0.25) is 0 Å². The zero-order valence-electron chi connectivity index (χ0n) is 14.1. The number of carbonyl (C=O) groups is 1. The monoisotopic (exact) mass is 325 g/mol. The highest BCUT2D eigenvalue weighted by atomic mass is 16.5. The Morgan fingerprint density at radius 1 is 1.25 bits per heavy atom. The van der Waals surface area contributed by atoms with Gasteiger partial charge in [0.05, 0.1) is 6.10 Å². The molecule has 1 saturated carbocycles. The van der Waals surface area contributed by atoms with Crippen LogP contribution in [0.3, 0.4) is 0 Å². The molecule has 0 atom stereocenters. The molecule has 0 aliphatic heterocycles. The van der Waals surface area contributed by atoms with E-state index in [0.717, 1.165) is 18.4 Å². The molecule has 5 nitrogen and oxygen atoms in total. The van der Waals surface area contributed by atoms with Gasteiger partial charge in [0.2, 0.25) is 5.88 Å². The van der Waals surface area contributed by atoms with Crippen molar-refractivity contribution in [3.63, 3.8) is 0 Å². The molecule has 1 aromatic carbocycles. The van der Waals surface area contributed by atoms with Crippen LogP contribution in [0.1, 0.15) is 32.3 Å². The van der Waals surface area contributed by atoms with Crippen LogP contribution in [0, 0.1) is 0 Å². The molecule has 24 heavy (non-hydrogen) atoms. The first-order valence-corrected chi connectivity index (χ1v) is 8.36. The summed E-state index contributed by atoms with van der Waals surface area (Å²) in [5.74, 6) is 0.455. The van der Waals surface area contributed by atoms with E-state index in [1.165, 1.54) is 0 Å². The number of hydrogen-bond acceptors (Lipinski definition) is 3. The summed E-state index contributed by atoms with van der Waals surface area (Å²) in [5.41, 5.74) is 1.74. The summed E-state index contributed by atoms with van der Waals surface area (Å²) < 4.78 is 5.68. The van der Waals surface area contributed by atoms with Gasteiger partial charge in [0, 0.05) is 18.8 Å². The van der Waals surface area contributed by atoms with Crippen molar-refractivity contribution in [2.75, 3.05) is 5.32 Å². The quantitative estimate of drug-likeness (QED) is 0.871. The average molecular weight is 325 g/mol. The molecule has 0 spiro atoms. The van der Waals surface area contributed by atoms with E-state index < -0.39 is 0 Å². The number of pyridine rings is 1. The van der Waals surface area contributed by atoms with E-state index in [4.69, 9.17) is 4.74 Å². The first-order chi connectivity index (χ1) is 11.6. The second kappa shape index (κ2) is 7.34. The second-order valence-electron chi connectivity index (χ2n) is 6.30. The third-order valence-corrected chi connectivity index (χ3v) is 3.80. The van der Waals surface area contributed by atoms with Gasteiger partial charge in [-0.25, -0.2) is 9.78 Å². The molecule has 2 amide bonds. The lowest BCUT2D eigenvalue weighted by Gasteiger charge is -2.23. The number of anilines is 1. The van der Waals surface area contributed by atoms with Gasteiger partial charge in [-0.1, -0.05) is 30.3 Å². The van der Waals surface area contributed by atoms with Crippen LogP contribution >= 0.6 is 0 Å². The van der Waals surface area contributed by atoms with E-state index in [1.807, 2.05) is 55.1 Å². The zero-order valence-corrected chi connectivity index (χ0v) is 14.1. The minimum Gasteiger partial charge on any atom is -0.473 e. The molecular weight excluding hydrogens is 302 g/mol. The van der Waals surface area contributed by atoms with Crippen LogP contribution in [0.4, 0.5) is 10.5 Å². The summed E-state index contributed by atoms with van der Waals surface area (Å²) >= 11 is 0. The molecular formula is C19H23N3O2. The van der Waals surface area contributed by atoms with Gasteiger partial charge in [0.15, 0.2) is 0 Å². The molecule has 1 aromatic heterocycles. The largest absolute Gasteiger partial charge is 0.473 e. The summed E-state index contributed by atoms with van der Waals surface area (Å²) in [7, 11) is 0. The number of urea groups is 1. The first kappa shape index (κ1) is 16.3. The summed E-state index contributed by atoms with van der Waals surface area (Å²) in [5, 5.41) is 2.96. The Balaban J connectivity index is 1.72. The fourth-order valence-electron chi connectivity index (χ4n) is 2.52. The number of benzene rings is 1. The second-order valence-corrected chi connectivity index (χ2v) is 6.30. The Kier molecular flexibility index (Phi) is 4.99. The Labute approximate surface area is 142 Å². The van der Waals surface area contributed by atoms with Gasteiger partial charge in [0.1, 0.15) is 5.69 Å². The van der Waals surface area contributed by atoms with Crippen LogP contribution in [-0.4, -0.2) is 28.1 Å². The van der Waals surface area contributed by atoms with Gasteiger partial charge in [-0.15, -0.1) is 0 Å². The predicted molar refractivity (Wildman–Crippen MR) is 94.0 cm³/mol. The number of hydrogen-bond donors (Lipinski definition) is 1. The van der Waals surface area contributed by atoms with Crippen molar-refractivity contribution in [2.24, 2.45) is 0 Å². The van der Waals surface area contributed by atoms with Crippen LogP contribution in [0.15, 0.2) is 48.7 Å². The minimum atomic E-state index is -0.108. The van der Waals surface area contributed by atoms with Crippen molar-refractivity contribution in [2.45, 2.75) is 45.4 Å². The highest BCUT2D eigenvalue weighted by Crippen LogP contribution is 2.30. The normalized spacial score (nSPS) is 13.6. The van der Waals surface area contributed by atoms with E-state index in [9.17, 15) is 4.79 Å². The Bertz CT molecular complexity index is 684. The third-order valence-electron chi connectivity index (χ3n) is 3.80. The van der Waals surface area contributed by atoms with Gasteiger partial charge in [-0.05, 0) is 44.4 Å². The molecule has 1 fully saturated rings. The number of ether oxygens (including phenoxy) is 1. The fraction of sp³-hybridized carbons (Fsp3) is 0.368. The van der Waals surface area contributed by atoms with Crippen LogP contribution < -0.4 is 10.1 Å². The van der Waals surface area contributed by atoms with Crippen molar-refractivity contribution < 1.29 is 9.53 Å². The maximum atomic E-state index is 12.8. The van der Waals surface area contributed by atoms with E-state index in [-0.39, 0.29) is 12.1 Å². The number of aromatic nitrogens is 1. The molecule has 1 N–H and O–H groups in total. The first-order valence-electron chi connectivity index (χ1n) is 8.36. The number of amides is 2. The summed E-state index contributed by atoms with van der Waals surface area (Å²) in [6.07, 6.45) is 3.78. The average Bonchev–Trinajstić information content (AvgIpc) is 3.39. The van der Waals surface area contributed by atoms with E-state index in [2.05, 4.69) is 10.3 Å². The summed E-state index contributed by atoms with van der Waals surface area (Å²) in [6.45, 7) is 4.48. The molecule has 0 saturated heterocycles. The third kappa shape index (κ3) is 4.25. The molecule has 0 radical (unpaired) electrons. The standard InChI is InChI=1S/C19H23N3O2/c1-14(2)24-18-17(9-6-12-20-18)21-19(23)22(16-10-11-16)13-15-7-4-3-5-8-15/h3-9,12,14,16H,10-11,13H2,1-2H3,(H,21,23). The smallest absolute Gasteiger partial charge is 0.322 e. The lowest BCUT2D eigenvalue weighted by molar-refractivity contribution is 0.205. The Morgan fingerprint density at radius 2 is 2.00 bits per heavy atom. The molecule has 1 aliphatic carbocycles. The van der Waals surface area contributed by atoms with Crippen molar-refractivity contribution >= 4 is 11.7 Å². The van der Waals surface area contributed by atoms with Gasteiger partial charge in [-0.2, -0.15) is 0 Å². The molecule has 1 heterocycles. The molecule has 5 heteroatoms. The fourth-order valence-corrected chi connectivity index (χ4v) is 2.52. The molecule has 0 bridgehead atoms. The number of carbonyl (C=O) groups excluding carboxylic acids is 1. The molecule has 1 aliphatic rings. The number of rotatable bonds is 6. The highest BCUT2D eigenvalue weighted by Gasteiger charge is 2.33. The minimum absolute atomic E-state index is 0.000550. The maximum absolute atomic E-state index is 12.8. The van der Waals surface area contributed by atoms with E-state index in [0.29, 0.717) is 24.2 Å². The van der Waals surface area contributed by atoms with Crippen LogP contribution in [0.25, 0.3) is 0 Å². The SMILES string of the molecule is CC(C)Oc1ncccc1NC(=O)N(Cc1ccccc1)C1CC1. The van der Waals surface area contributed by atoms with Gasteiger partial charge < -0.3 is 15.0 Å². The van der Waals surface area contributed by atoms with Crippen LogP contribution in [0.2, 0.25) is 0 Å². The highest BCUT2D eigenvalue weighted by molar-refractivity contribution is 5.91. The summed E-state index contributed by atoms with van der Waals surface area (Å²) in [6, 6.07) is 13.9. The summed E-state index contributed by atoms with van der Waals surface area (Å²) in [4.78, 5) is 18.9. The van der Waals surface area contributed by atoms with Crippen molar-refractivity contribution in [1.29, 1.82) is 0 Å². The molecule has 126 valence electrons. The van der Waals surface area contributed by atoms with Crippen LogP contribution in [-0.2, 0) is 6.54 Å². The molecule has 3 rings (SSSR count). The topological polar surface area (TPSA) is 54.5 Å². The molecule has 2 aromatic rings. The lowest BCUT2D eigenvalue weighted by Crippen LogP contribution is -2.36. The zero-order chi connectivity index (χ0) is 16.9. The van der Waals surface area contributed by atoms with E-state index in [1.54, 1.807) is 12.3 Å². The Morgan fingerprint density at radius 3 is 2.67 bits per heavy atom. The predicted octanol–water partition coefficient (Wildman–Crippen LogP) is 4.07.